The minimum Gasteiger partial charge on any atom is -0.492 e. The van der Waals surface area contributed by atoms with Crippen LogP contribution in [0, 0.1) is 0 Å². The molecule has 0 bridgehead atoms. The molecule has 22 heavy (non-hydrogen) atoms. The average molecular weight is 389 g/mol. The van der Waals surface area contributed by atoms with Crippen LogP contribution >= 0.6 is 28.1 Å². The standard InChI is InChI=1S/C15H21BrN2O3S/c1-3-4-7-21-13-6-5-11(8-12(13)16)14(20)18-15(22)17-9-10(2)19/h5-6,8,10,19H,3-4,7,9H2,1-2H3,(H2,17,18,20,22). The lowest BCUT2D eigenvalue weighted by Crippen LogP contribution is -2.41. The third kappa shape index (κ3) is 6.72. The molecule has 1 amide bonds. The summed E-state index contributed by atoms with van der Waals surface area (Å²) in [6.45, 7) is 4.66. The van der Waals surface area contributed by atoms with Gasteiger partial charge in [0.05, 0.1) is 17.2 Å². The molecule has 1 rings (SSSR count). The zero-order valence-corrected chi connectivity index (χ0v) is 15.1. The highest BCUT2D eigenvalue weighted by molar-refractivity contribution is 9.10. The topological polar surface area (TPSA) is 70.6 Å². The summed E-state index contributed by atoms with van der Waals surface area (Å²) in [5, 5.41) is 14.7. The number of benzene rings is 1. The van der Waals surface area contributed by atoms with Crippen LogP contribution in [-0.2, 0) is 0 Å². The quantitative estimate of drug-likeness (QED) is 0.494. The smallest absolute Gasteiger partial charge is 0.257 e. The maximum atomic E-state index is 12.1. The zero-order chi connectivity index (χ0) is 16.5. The van der Waals surface area contributed by atoms with E-state index in [1.807, 2.05) is 0 Å². The molecular weight excluding hydrogens is 368 g/mol. The highest BCUT2D eigenvalue weighted by atomic mass is 79.9. The Morgan fingerprint density at radius 2 is 2.23 bits per heavy atom. The third-order valence-corrected chi connectivity index (χ3v) is 3.60. The number of ether oxygens (including phenoxy) is 1. The molecule has 0 aliphatic heterocycles. The van der Waals surface area contributed by atoms with E-state index in [1.165, 1.54) is 0 Å². The van der Waals surface area contributed by atoms with Crippen LogP contribution in [0.3, 0.4) is 0 Å². The van der Waals surface area contributed by atoms with Crippen molar-refractivity contribution in [1.29, 1.82) is 0 Å². The van der Waals surface area contributed by atoms with Crippen LogP contribution in [0.25, 0.3) is 0 Å². The lowest BCUT2D eigenvalue weighted by molar-refractivity contribution is 0.0976. The van der Waals surface area contributed by atoms with Crippen molar-refractivity contribution in [1.82, 2.24) is 10.6 Å². The Kier molecular flexibility index (Phi) is 8.37. The number of nitrogens with one attached hydrogen (secondary N) is 2. The van der Waals surface area contributed by atoms with Gasteiger partial charge in [-0.1, -0.05) is 13.3 Å². The predicted octanol–water partition coefficient (Wildman–Crippen LogP) is 2.61. The van der Waals surface area contributed by atoms with Crippen molar-refractivity contribution in [2.24, 2.45) is 0 Å². The Hall–Kier alpha value is -1.18. The van der Waals surface area contributed by atoms with Crippen LogP contribution in [0.2, 0.25) is 0 Å². The van der Waals surface area contributed by atoms with Crippen LogP contribution in [0.4, 0.5) is 0 Å². The molecule has 0 spiro atoms. The Morgan fingerprint density at radius 3 is 2.82 bits per heavy atom. The number of unbranched alkanes of at least 4 members (excludes halogenated alkanes) is 1. The number of rotatable bonds is 7. The molecule has 0 aliphatic rings. The number of aliphatic hydroxyl groups excluding tert-OH is 1. The van der Waals surface area contributed by atoms with Crippen molar-refractivity contribution in [2.75, 3.05) is 13.2 Å². The van der Waals surface area contributed by atoms with E-state index in [1.54, 1.807) is 25.1 Å². The molecule has 3 N–H and O–H groups in total. The molecule has 0 saturated carbocycles. The summed E-state index contributed by atoms with van der Waals surface area (Å²) >= 11 is 8.38. The molecular formula is C15H21BrN2O3S. The predicted molar refractivity (Wildman–Crippen MR) is 94.3 cm³/mol. The maximum absolute atomic E-state index is 12.1. The normalized spacial score (nSPS) is 11.6. The number of halogens is 1. The molecule has 1 aromatic carbocycles. The minimum atomic E-state index is -0.538. The van der Waals surface area contributed by atoms with E-state index in [0.29, 0.717) is 17.9 Å². The second kappa shape index (κ2) is 9.76. The van der Waals surface area contributed by atoms with Gasteiger partial charge in [-0.25, -0.2) is 0 Å². The number of carbonyl (C=O) groups excluding carboxylic acids is 1. The van der Waals surface area contributed by atoms with Crippen molar-refractivity contribution >= 4 is 39.2 Å². The van der Waals surface area contributed by atoms with Crippen LogP contribution in [-0.4, -0.2) is 35.4 Å². The molecule has 5 nitrogen and oxygen atoms in total. The zero-order valence-electron chi connectivity index (χ0n) is 12.7. The van der Waals surface area contributed by atoms with Crippen molar-refractivity contribution in [2.45, 2.75) is 32.8 Å². The van der Waals surface area contributed by atoms with E-state index in [2.05, 4.69) is 33.5 Å². The first kappa shape index (κ1) is 18.9. The number of amides is 1. The van der Waals surface area contributed by atoms with E-state index >= 15 is 0 Å². The highest BCUT2D eigenvalue weighted by Gasteiger charge is 2.11. The Morgan fingerprint density at radius 1 is 1.50 bits per heavy atom. The Balaban J connectivity index is 2.59. The van der Waals surface area contributed by atoms with E-state index in [0.717, 1.165) is 17.3 Å². The fraction of sp³-hybridized carbons (Fsp3) is 0.467. The van der Waals surface area contributed by atoms with Gasteiger partial charge in [0.2, 0.25) is 0 Å². The van der Waals surface area contributed by atoms with Gasteiger partial charge < -0.3 is 15.2 Å². The number of hydrogen-bond donors (Lipinski definition) is 3. The van der Waals surface area contributed by atoms with Gasteiger partial charge >= 0.3 is 0 Å². The lowest BCUT2D eigenvalue weighted by atomic mass is 10.2. The van der Waals surface area contributed by atoms with Gasteiger partial charge in [0.1, 0.15) is 5.75 Å². The summed E-state index contributed by atoms with van der Waals surface area (Å²) < 4.78 is 6.33. The SMILES string of the molecule is CCCCOc1ccc(C(=O)NC(=S)NCC(C)O)cc1Br. The summed E-state index contributed by atoms with van der Waals surface area (Å²) in [6, 6.07) is 5.12. The van der Waals surface area contributed by atoms with Crippen LogP contribution < -0.4 is 15.4 Å². The molecule has 0 aromatic heterocycles. The minimum absolute atomic E-state index is 0.185. The van der Waals surface area contributed by atoms with Crippen LogP contribution in [0.5, 0.6) is 5.75 Å². The molecule has 1 unspecified atom stereocenters. The first-order valence-corrected chi connectivity index (χ1v) is 8.33. The number of aliphatic hydroxyl groups is 1. The molecule has 7 heteroatoms. The molecule has 1 atom stereocenters. The first-order valence-electron chi connectivity index (χ1n) is 7.13. The van der Waals surface area contributed by atoms with Gasteiger partial charge in [0.15, 0.2) is 5.11 Å². The number of carbonyl (C=O) groups is 1. The fourth-order valence-electron chi connectivity index (χ4n) is 1.55. The molecule has 0 saturated heterocycles. The summed E-state index contributed by atoms with van der Waals surface area (Å²) in [6.07, 6.45) is 1.51. The van der Waals surface area contributed by atoms with Crippen LogP contribution in [0.1, 0.15) is 37.0 Å². The Bertz CT molecular complexity index is 524. The molecule has 0 aliphatic carbocycles. The monoisotopic (exact) mass is 388 g/mol. The fourth-order valence-corrected chi connectivity index (χ4v) is 2.21. The molecule has 1 aromatic rings. The molecule has 0 fully saturated rings. The maximum Gasteiger partial charge on any atom is 0.257 e. The molecule has 0 heterocycles. The van der Waals surface area contributed by atoms with Gasteiger partial charge in [-0.2, -0.15) is 0 Å². The summed E-state index contributed by atoms with van der Waals surface area (Å²) in [7, 11) is 0. The van der Waals surface area contributed by atoms with E-state index in [4.69, 9.17) is 22.1 Å². The van der Waals surface area contributed by atoms with Crippen molar-refractivity contribution in [3.05, 3.63) is 28.2 Å². The number of thiocarbonyl (C=S) groups is 1. The first-order chi connectivity index (χ1) is 10.4. The van der Waals surface area contributed by atoms with Crippen molar-refractivity contribution in [3.63, 3.8) is 0 Å². The largest absolute Gasteiger partial charge is 0.492 e. The van der Waals surface area contributed by atoms with Gasteiger partial charge in [0, 0.05) is 12.1 Å². The average Bonchev–Trinajstić information content (AvgIpc) is 2.47. The number of hydrogen-bond acceptors (Lipinski definition) is 4. The van der Waals surface area contributed by atoms with E-state index in [9.17, 15) is 4.79 Å². The summed E-state index contributed by atoms with van der Waals surface area (Å²) in [4.78, 5) is 12.1. The van der Waals surface area contributed by atoms with Crippen LogP contribution in [0.15, 0.2) is 22.7 Å². The van der Waals surface area contributed by atoms with E-state index in [-0.39, 0.29) is 17.6 Å². The van der Waals surface area contributed by atoms with Crippen molar-refractivity contribution in [3.8, 4) is 5.75 Å². The third-order valence-electron chi connectivity index (χ3n) is 2.73. The van der Waals surface area contributed by atoms with Gasteiger partial charge in [0.25, 0.3) is 5.91 Å². The van der Waals surface area contributed by atoms with Gasteiger partial charge in [-0.05, 0) is 59.7 Å². The second-order valence-electron chi connectivity index (χ2n) is 4.86. The summed E-state index contributed by atoms with van der Waals surface area (Å²) in [5.41, 5.74) is 0.468. The highest BCUT2D eigenvalue weighted by Crippen LogP contribution is 2.26. The Labute approximate surface area is 144 Å². The molecule has 122 valence electrons. The second-order valence-corrected chi connectivity index (χ2v) is 6.12. The van der Waals surface area contributed by atoms with E-state index < -0.39 is 6.10 Å². The summed E-state index contributed by atoms with van der Waals surface area (Å²) in [5.74, 6) is 0.392. The molecule has 0 radical (unpaired) electrons. The lowest BCUT2D eigenvalue weighted by Gasteiger charge is -2.12. The van der Waals surface area contributed by atoms with Crippen molar-refractivity contribution < 1.29 is 14.6 Å². The van der Waals surface area contributed by atoms with Gasteiger partial charge in [-0.3, -0.25) is 10.1 Å². The van der Waals surface area contributed by atoms with Gasteiger partial charge in [-0.15, -0.1) is 0 Å².